The summed E-state index contributed by atoms with van der Waals surface area (Å²) >= 11 is -1.22. The molecule has 232 valence electrons. The van der Waals surface area contributed by atoms with Crippen LogP contribution < -0.4 is 34.6 Å². The summed E-state index contributed by atoms with van der Waals surface area (Å²) < 4.78 is 1.36. The van der Waals surface area contributed by atoms with Gasteiger partial charge in [0.1, 0.15) is 0 Å². The number of para-hydroxylation sites is 2. The van der Waals surface area contributed by atoms with Crippen LogP contribution in [0.2, 0.25) is 13.1 Å². The van der Waals surface area contributed by atoms with Crippen LogP contribution in [0.3, 0.4) is 0 Å². The van der Waals surface area contributed by atoms with Gasteiger partial charge in [0.05, 0.1) is 0 Å². The molecule has 3 aliphatic heterocycles. The van der Waals surface area contributed by atoms with Gasteiger partial charge in [0.25, 0.3) is 0 Å². The molecule has 0 saturated heterocycles. The van der Waals surface area contributed by atoms with Crippen molar-refractivity contribution in [1.82, 2.24) is 0 Å². The van der Waals surface area contributed by atoms with Crippen LogP contribution in [0.1, 0.15) is 67.4 Å². The number of halogens is 2. The zero-order valence-electron chi connectivity index (χ0n) is 27.1. The summed E-state index contributed by atoms with van der Waals surface area (Å²) in [5, 5.41) is 3.52. The van der Waals surface area contributed by atoms with Crippen molar-refractivity contribution in [3.05, 3.63) is 129 Å². The topological polar surface area (TPSA) is 6.48 Å². The van der Waals surface area contributed by atoms with Crippen LogP contribution in [0.15, 0.2) is 96.1 Å². The molecule has 4 aromatic carbocycles. The summed E-state index contributed by atoms with van der Waals surface area (Å²) in [5.41, 5.74) is 18.9. The summed E-state index contributed by atoms with van der Waals surface area (Å²) in [4.78, 5) is 5.38. The van der Waals surface area contributed by atoms with E-state index in [-0.39, 0.29) is 24.8 Å². The van der Waals surface area contributed by atoms with Gasteiger partial charge in [0.2, 0.25) is 0 Å². The third-order valence-electron chi connectivity index (χ3n) is 11.3. The molecule has 2 aliphatic carbocycles. The molecule has 0 radical (unpaired) electrons. The second-order valence-electron chi connectivity index (χ2n) is 14.0. The van der Waals surface area contributed by atoms with Crippen LogP contribution in [0.25, 0.3) is 10.4 Å². The van der Waals surface area contributed by atoms with E-state index in [1.165, 1.54) is 59.6 Å². The SMILES string of the molecule is CC1=C2c3c(cccc3N3CCCc4ccccc43)[CH]1[Hf+2][CH]1C(C)=C(c3c1cccc3N1CCCc3ccccc31)[Si]2(C)C.[Cl-].[Cl-]. The van der Waals surface area contributed by atoms with Crippen molar-refractivity contribution >= 4 is 41.2 Å². The molecule has 4 aromatic rings. The smallest absolute Gasteiger partial charge is 1.00 e. The zero-order valence-corrected chi connectivity index (χ0v) is 33.2. The number of rotatable bonds is 2. The normalized spacial score (nSPS) is 21.4. The van der Waals surface area contributed by atoms with E-state index in [0.717, 1.165) is 13.1 Å². The Morgan fingerprint density at radius 2 is 0.978 bits per heavy atom. The number of allylic oxidation sites excluding steroid dienone is 2. The average molecular weight is 826 g/mol. The van der Waals surface area contributed by atoms with Crippen molar-refractivity contribution in [1.29, 1.82) is 0 Å². The van der Waals surface area contributed by atoms with Gasteiger partial charge in [0, 0.05) is 0 Å². The molecule has 0 amide bonds. The van der Waals surface area contributed by atoms with Crippen LogP contribution >= 0.6 is 0 Å². The molecule has 5 aliphatic rings. The van der Waals surface area contributed by atoms with Gasteiger partial charge in [-0.05, 0) is 0 Å². The largest absolute Gasteiger partial charge is 1.00 e. The van der Waals surface area contributed by atoms with Crippen molar-refractivity contribution in [3.8, 4) is 0 Å². The first kappa shape index (κ1) is 32.2. The second kappa shape index (κ2) is 11.9. The first-order valence-electron chi connectivity index (χ1n) is 16.6. The van der Waals surface area contributed by atoms with Crippen molar-refractivity contribution in [2.75, 3.05) is 22.9 Å². The van der Waals surface area contributed by atoms with Crippen LogP contribution in [0, 0.1) is 0 Å². The molecule has 3 heterocycles. The van der Waals surface area contributed by atoms with Gasteiger partial charge in [0.15, 0.2) is 0 Å². The second-order valence-corrected chi connectivity index (χ2v) is 23.6. The summed E-state index contributed by atoms with van der Waals surface area (Å²) in [5.74, 6) is 0. The van der Waals surface area contributed by atoms with Crippen molar-refractivity contribution in [3.63, 3.8) is 0 Å². The third-order valence-corrected chi connectivity index (χ3v) is 22.8. The van der Waals surface area contributed by atoms with Crippen LogP contribution in [0.4, 0.5) is 22.7 Å². The maximum Gasteiger partial charge on any atom is -1.00 e. The molecule has 0 N–H and O–H groups in total. The van der Waals surface area contributed by atoms with Crippen molar-refractivity contribution in [2.45, 2.75) is 60.0 Å². The number of hydrogen-bond acceptors (Lipinski definition) is 2. The molecule has 6 heteroatoms. The number of benzene rings is 4. The number of nitrogens with zero attached hydrogens (tertiary/aromatic N) is 2. The first-order valence-corrected chi connectivity index (χ1v) is 23.8. The quantitative estimate of drug-likeness (QED) is 0.282. The zero-order chi connectivity index (χ0) is 29.7. The molecular formula is C40H40Cl2HfN2Si. The van der Waals surface area contributed by atoms with E-state index in [0.29, 0.717) is 7.35 Å². The Hall–Kier alpha value is -2.37. The molecule has 46 heavy (non-hydrogen) atoms. The van der Waals surface area contributed by atoms with Gasteiger partial charge < -0.3 is 24.8 Å². The van der Waals surface area contributed by atoms with Crippen molar-refractivity contribution in [2.24, 2.45) is 0 Å². The molecule has 0 fully saturated rings. The van der Waals surface area contributed by atoms with E-state index >= 15 is 0 Å². The van der Waals surface area contributed by atoms with Gasteiger partial charge in [-0.2, -0.15) is 0 Å². The minimum atomic E-state index is -2.11. The molecule has 0 spiro atoms. The predicted octanol–water partition coefficient (Wildman–Crippen LogP) is 4.10. The Morgan fingerprint density at radius 1 is 0.565 bits per heavy atom. The first-order chi connectivity index (χ1) is 21.4. The number of hydrogen-bond donors (Lipinski definition) is 0. The van der Waals surface area contributed by atoms with E-state index in [4.69, 9.17) is 0 Å². The summed E-state index contributed by atoms with van der Waals surface area (Å²) in [6.45, 7) is 12.7. The van der Waals surface area contributed by atoms with E-state index in [1.807, 2.05) is 0 Å². The fourth-order valence-corrected chi connectivity index (χ4v) is 22.0. The monoisotopic (exact) mass is 826 g/mol. The summed E-state index contributed by atoms with van der Waals surface area (Å²) in [6, 6.07) is 33.1. The van der Waals surface area contributed by atoms with Gasteiger partial charge in [-0.15, -0.1) is 0 Å². The molecule has 0 aromatic heterocycles. The maximum absolute atomic E-state index is 2.70. The molecule has 9 rings (SSSR count). The summed E-state index contributed by atoms with van der Waals surface area (Å²) in [6.07, 6.45) is 4.83. The minimum Gasteiger partial charge on any atom is -1.00 e. The maximum atomic E-state index is 2.70. The number of anilines is 4. The Kier molecular flexibility index (Phi) is 8.36. The number of aryl methyl sites for hydroxylation is 2. The Labute approximate surface area is 299 Å². The van der Waals surface area contributed by atoms with E-state index in [9.17, 15) is 0 Å². The fraction of sp³-hybridized carbons (Fsp3) is 0.300. The standard InChI is InChI=1S/C40H40N2Si.2ClH.Hf/c1-27-25-31-15-9-21-35(41-23-11-17-29-13-5-7-19-33(29)41)37(31)39(27)43(3,4)40-28(2)26-32-16-10-22-36(38(32)40)42-24-12-18-30-14-6-8-20-34(30)42;;;/h5-10,13-16,19-22,25-26H,11-12,17-18,23-24H2,1-4H3;2*1H;/q;;;+2/p-2. The molecular weight excluding hydrogens is 786 g/mol. The van der Waals surface area contributed by atoms with Gasteiger partial charge >= 0.3 is 276 Å². The molecule has 2 unspecified atom stereocenters. The van der Waals surface area contributed by atoms with E-state index < -0.39 is 31.0 Å². The molecule has 2 nitrogen and oxygen atoms in total. The Bertz CT molecular complexity index is 1810. The van der Waals surface area contributed by atoms with Crippen LogP contribution in [-0.4, -0.2) is 21.2 Å². The third kappa shape index (κ3) is 4.50. The van der Waals surface area contributed by atoms with Gasteiger partial charge in [-0.25, -0.2) is 0 Å². The van der Waals surface area contributed by atoms with Gasteiger partial charge in [-0.3, -0.25) is 0 Å². The minimum absolute atomic E-state index is 0. The van der Waals surface area contributed by atoms with E-state index in [1.54, 1.807) is 43.8 Å². The molecule has 0 saturated carbocycles. The van der Waals surface area contributed by atoms with E-state index in [2.05, 4.69) is 122 Å². The fourth-order valence-electron chi connectivity index (χ4n) is 9.64. The van der Waals surface area contributed by atoms with Crippen LogP contribution in [0.5, 0.6) is 0 Å². The molecule has 2 atom stereocenters. The predicted molar refractivity (Wildman–Crippen MR) is 185 cm³/mol. The Morgan fingerprint density at radius 3 is 1.43 bits per heavy atom. The summed E-state index contributed by atoms with van der Waals surface area (Å²) in [7, 11) is -2.11. The van der Waals surface area contributed by atoms with Crippen LogP contribution in [-0.2, 0) is 35.7 Å². The average Bonchev–Trinajstić information content (AvgIpc) is 3.52. The molecule has 4 bridgehead atoms. The van der Waals surface area contributed by atoms with Gasteiger partial charge in [-0.1, -0.05) is 0 Å². The number of fused-ring (bicyclic) bond motifs is 10. The Balaban J connectivity index is 0.00000169. The van der Waals surface area contributed by atoms with Crippen molar-refractivity contribution < 1.29 is 47.7 Å².